The van der Waals surface area contributed by atoms with Gasteiger partial charge < -0.3 is 15.4 Å². The van der Waals surface area contributed by atoms with Crippen molar-refractivity contribution < 1.29 is 22.7 Å². The lowest BCUT2D eigenvalue weighted by Gasteiger charge is -2.40. The fourth-order valence-corrected chi connectivity index (χ4v) is 6.62. The maximum absolute atomic E-state index is 13.8. The van der Waals surface area contributed by atoms with E-state index >= 15 is 0 Å². The molecular weight excluding hydrogens is 436 g/mol. The van der Waals surface area contributed by atoms with Gasteiger partial charge in [-0.05, 0) is 37.5 Å². The topological polar surface area (TPSA) is 152 Å². The molecule has 172 valence electrons. The number of hydrogen-bond donors (Lipinski definition) is 2. The number of amides is 2. The highest BCUT2D eigenvalue weighted by molar-refractivity contribution is 7.89. The first kappa shape index (κ1) is 22.4. The van der Waals surface area contributed by atoms with Crippen molar-refractivity contribution in [1.29, 1.82) is 0 Å². The number of hydrogen-bond acceptors (Lipinski definition) is 7. The molecule has 1 unspecified atom stereocenters. The van der Waals surface area contributed by atoms with E-state index in [-0.39, 0.29) is 28.8 Å². The molecule has 1 aromatic carbocycles. The SMILES string of the molecule is COC[C@H]1CN(Cc2cnn[nH]2)C(=O)C2CCC[C@@H]1N2S(=O)(=O)c1cccc(C(N)=O)c1. The molecule has 2 bridgehead atoms. The van der Waals surface area contributed by atoms with Crippen molar-refractivity contribution in [3.8, 4) is 0 Å². The van der Waals surface area contributed by atoms with E-state index in [9.17, 15) is 18.0 Å². The largest absolute Gasteiger partial charge is 0.384 e. The number of piperidine rings is 1. The molecule has 4 rings (SSSR count). The lowest BCUT2D eigenvalue weighted by molar-refractivity contribution is -0.135. The fourth-order valence-electron chi connectivity index (χ4n) is 4.69. The third kappa shape index (κ3) is 4.12. The average molecular weight is 463 g/mol. The number of carbonyl (C=O) groups excluding carboxylic acids is 2. The van der Waals surface area contributed by atoms with E-state index < -0.39 is 28.0 Å². The average Bonchev–Trinajstić information content (AvgIpc) is 3.28. The van der Waals surface area contributed by atoms with Gasteiger partial charge in [0.2, 0.25) is 21.8 Å². The Morgan fingerprint density at radius 1 is 1.34 bits per heavy atom. The van der Waals surface area contributed by atoms with E-state index in [0.717, 1.165) is 6.42 Å². The molecule has 0 spiro atoms. The van der Waals surface area contributed by atoms with Crippen LogP contribution in [-0.2, 0) is 26.1 Å². The highest BCUT2D eigenvalue weighted by Gasteiger charge is 2.50. The van der Waals surface area contributed by atoms with Crippen LogP contribution < -0.4 is 5.73 Å². The predicted molar refractivity (Wildman–Crippen MR) is 113 cm³/mol. The van der Waals surface area contributed by atoms with Crippen molar-refractivity contribution in [3.05, 3.63) is 41.7 Å². The molecule has 3 heterocycles. The van der Waals surface area contributed by atoms with Crippen molar-refractivity contribution in [3.63, 3.8) is 0 Å². The van der Waals surface area contributed by atoms with Crippen LogP contribution in [0, 0.1) is 5.92 Å². The highest BCUT2D eigenvalue weighted by atomic mass is 32.2. The third-order valence-corrected chi connectivity index (χ3v) is 8.04. The molecule has 3 atom stereocenters. The summed E-state index contributed by atoms with van der Waals surface area (Å²) in [5.74, 6) is -1.21. The Bertz CT molecular complexity index is 1090. The van der Waals surface area contributed by atoms with Gasteiger partial charge in [0.05, 0.1) is 29.9 Å². The first-order chi connectivity index (χ1) is 15.3. The van der Waals surface area contributed by atoms with Gasteiger partial charge in [-0.15, -0.1) is 5.10 Å². The Balaban J connectivity index is 1.76. The van der Waals surface area contributed by atoms with E-state index in [1.54, 1.807) is 18.2 Å². The number of aromatic amines is 1. The van der Waals surface area contributed by atoms with Gasteiger partial charge in [-0.1, -0.05) is 11.3 Å². The summed E-state index contributed by atoms with van der Waals surface area (Å²) >= 11 is 0. The van der Waals surface area contributed by atoms with Crippen LogP contribution in [0.15, 0.2) is 35.4 Å². The number of sulfonamides is 1. The van der Waals surface area contributed by atoms with Crippen molar-refractivity contribution in [2.45, 2.75) is 42.8 Å². The Morgan fingerprint density at radius 3 is 2.84 bits per heavy atom. The molecule has 2 amide bonds. The second-order valence-corrected chi connectivity index (χ2v) is 10.0. The van der Waals surface area contributed by atoms with Crippen LogP contribution >= 0.6 is 0 Å². The quantitative estimate of drug-likeness (QED) is 0.593. The second-order valence-electron chi connectivity index (χ2n) is 8.16. The first-order valence-electron chi connectivity index (χ1n) is 10.4. The molecule has 0 saturated carbocycles. The Kier molecular flexibility index (Phi) is 6.26. The smallest absolute Gasteiger partial charge is 0.248 e. The zero-order valence-corrected chi connectivity index (χ0v) is 18.5. The number of carbonyl (C=O) groups is 2. The lowest BCUT2D eigenvalue weighted by Crippen LogP contribution is -2.55. The van der Waals surface area contributed by atoms with Crippen molar-refractivity contribution >= 4 is 21.8 Å². The molecule has 12 heteroatoms. The number of fused-ring (bicyclic) bond motifs is 2. The maximum atomic E-state index is 13.8. The number of methoxy groups -OCH3 is 1. The minimum Gasteiger partial charge on any atom is -0.384 e. The first-order valence-corrected chi connectivity index (χ1v) is 11.8. The predicted octanol–water partition coefficient (Wildman–Crippen LogP) is 0.120. The molecular formula is C20H26N6O5S. The van der Waals surface area contributed by atoms with E-state index in [1.807, 2.05) is 0 Å². The van der Waals surface area contributed by atoms with Crippen LogP contribution in [0.2, 0.25) is 0 Å². The molecule has 2 aliphatic rings. The van der Waals surface area contributed by atoms with Crippen LogP contribution in [0.4, 0.5) is 0 Å². The minimum absolute atomic E-state index is 0.0547. The lowest BCUT2D eigenvalue weighted by atomic mass is 9.91. The monoisotopic (exact) mass is 462 g/mol. The summed E-state index contributed by atoms with van der Waals surface area (Å²) in [4.78, 5) is 26.8. The van der Waals surface area contributed by atoms with Gasteiger partial charge in [0, 0.05) is 31.2 Å². The van der Waals surface area contributed by atoms with Gasteiger partial charge in [0.1, 0.15) is 6.04 Å². The molecule has 0 aliphatic carbocycles. The normalized spacial score (nSPS) is 24.3. The second kappa shape index (κ2) is 8.96. The Hall–Kier alpha value is -2.83. The van der Waals surface area contributed by atoms with Crippen LogP contribution in [0.3, 0.4) is 0 Å². The van der Waals surface area contributed by atoms with E-state index in [4.69, 9.17) is 10.5 Å². The minimum atomic E-state index is -4.08. The molecule has 32 heavy (non-hydrogen) atoms. The van der Waals surface area contributed by atoms with Gasteiger partial charge >= 0.3 is 0 Å². The molecule has 2 aliphatic heterocycles. The molecule has 0 radical (unpaired) electrons. The van der Waals surface area contributed by atoms with E-state index in [0.29, 0.717) is 31.7 Å². The van der Waals surface area contributed by atoms with Crippen molar-refractivity contribution in [2.75, 3.05) is 20.3 Å². The number of nitrogens with two attached hydrogens (primary N) is 1. The van der Waals surface area contributed by atoms with Crippen molar-refractivity contribution in [1.82, 2.24) is 24.6 Å². The fraction of sp³-hybridized carbons (Fsp3) is 0.500. The molecule has 1 aromatic heterocycles. The molecule has 2 fully saturated rings. The van der Waals surface area contributed by atoms with Gasteiger partial charge in [-0.25, -0.2) is 8.42 Å². The van der Waals surface area contributed by atoms with Gasteiger partial charge in [0.25, 0.3) is 0 Å². The summed E-state index contributed by atoms with van der Waals surface area (Å²) in [6.07, 6.45) is 3.31. The zero-order chi connectivity index (χ0) is 22.9. The number of nitrogens with one attached hydrogen (secondary N) is 1. The summed E-state index contributed by atoms with van der Waals surface area (Å²) in [6.45, 7) is 0.899. The van der Waals surface area contributed by atoms with Gasteiger partial charge in [0.15, 0.2) is 0 Å². The zero-order valence-electron chi connectivity index (χ0n) is 17.7. The summed E-state index contributed by atoms with van der Waals surface area (Å²) in [7, 11) is -2.52. The van der Waals surface area contributed by atoms with Crippen LogP contribution in [-0.4, -0.2) is 77.2 Å². The number of rotatable bonds is 7. The number of aromatic nitrogens is 3. The molecule has 2 aromatic rings. The van der Waals surface area contributed by atoms with Gasteiger partial charge in [-0.3, -0.25) is 14.7 Å². The maximum Gasteiger partial charge on any atom is 0.248 e. The Labute approximate surface area is 185 Å². The summed E-state index contributed by atoms with van der Waals surface area (Å²) in [5, 5.41) is 10.2. The van der Waals surface area contributed by atoms with Crippen LogP contribution in [0.5, 0.6) is 0 Å². The van der Waals surface area contributed by atoms with Crippen molar-refractivity contribution in [2.24, 2.45) is 11.7 Å². The van der Waals surface area contributed by atoms with E-state index in [2.05, 4.69) is 15.4 Å². The Morgan fingerprint density at radius 2 is 2.16 bits per heavy atom. The number of ether oxygens (including phenoxy) is 1. The summed E-state index contributed by atoms with van der Waals surface area (Å²) in [5.41, 5.74) is 6.11. The number of benzene rings is 1. The summed E-state index contributed by atoms with van der Waals surface area (Å²) in [6, 6.07) is 4.38. The number of nitrogens with zero attached hydrogens (tertiary/aromatic N) is 4. The molecule has 3 N–H and O–H groups in total. The standard InChI is InChI=1S/C20H26N6O5S/c1-31-12-14-10-25(11-15-9-22-24-23-15)20(28)18-7-3-6-17(14)26(18)32(29,30)16-5-2-4-13(8-16)19(21)27/h2,4-5,8-9,14,17-18H,3,6-7,10-12H2,1H3,(H2,21,27)(H,22,23,24)/t14-,17+,18?/m1/s1. The van der Waals surface area contributed by atoms with Gasteiger partial charge in [-0.2, -0.15) is 4.31 Å². The molecule has 2 saturated heterocycles. The number of primary amides is 1. The summed E-state index contributed by atoms with van der Waals surface area (Å²) < 4.78 is 34.3. The highest BCUT2D eigenvalue weighted by Crippen LogP contribution is 2.37. The van der Waals surface area contributed by atoms with E-state index in [1.165, 1.54) is 28.6 Å². The van der Waals surface area contributed by atoms with Crippen LogP contribution in [0.1, 0.15) is 35.3 Å². The van der Waals surface area contributed by atoms with Crippen LogP contribution in [0.25, 0.3) is 0 Å². The number of H-pyrrole nitrogens is 1. The molecule has 11 nitrogen and oxygen atoms in total. The third-order valence-electron chi connectivity index (χ3n) is 6.11.